The fraction of sp³-hybridized carbons (Fsp3) is 0.579. The van der Waals surface area contributed by atoms with E-state index < -0.39 is 5.60 Å². The molecule has 1 aliphatic carbocycles. The lowest BCUT2D eigenvalue weighted by Crippen LogP contribution is -2.48. The van der Waals surface area contributed by atoms with E-state index in [2.05, 4.69) is 0 Å². The minimum Gasteiger partial charge on any atom is -0.435 e. The Hall–Kier alpha value is -1.84. The zero-order valence-corrected chi connectivity index (χ0v) is 14.2. The summed E-state index contributed by atoms with van der Waals surface area (Å²) in [4.78, 5) is 26.9. The molecule has 0 heterocycles. The van der Waals surface area contributed by atoms with E-state index in [1.165, 1.54) is 0 Å². The Kier molecular flexibility index (Phi) is 6.20. The van der Waals surface area contributed by atoms with E-state index in [0.29, 0.717) is 32.4 Å². The number of benzene rings is 1. The second-order valence-electron chi connectivity index (χ2n) is 6.18. The molecule has 1 amide bonds. The fourth-order valence-corrected chi connectivity index (χ4v) is 3.22. The van der Waals surface area contributed by atoms with Crippen molar-refractivity contribution in [3.8, 4) is 0 Å². The van der Waals surface area contributed by atoms with Crippen LogP contribution in [0.2, 0.25) is 0 Å². The minimum absolute atomic E-state index is 0.0314. The van der Waals surface area contributed by atoms with Gasteiger partial charge >= 0.3 is 6.09 Å². The number of Topliss-reactive ketones (excluding diaryl/α,β-unsaturated/α-hetero) is 1. The molecule has 1 saturated carbocycles. The molecule has 1 aromatic carbocycles. The molecule has 4 heteroatoms. The number of nitrogens with zero attached hydrogens (tertiary/aromatic N) is 1. The van der Waals surface area contributed by atoms with Crippen LogP contribution in [0.15, 0.2) is 30.3 Å². The van der Waals surface area contributed by atoms with E-state index in [9.17, 15) is 9.59 Å². The molecular formula is C19H27NO3. The van der Waals surface area contributed by atoms with Gasteiger partial charge in [0.25, 0.3) is 0 Å². The Morgan fingerprint density at radius 1 is 1.04 bits per heavy atom. The number of hydrogen-bond acceptors (Lipinski definition) is 3. The van der Waals surface area contributed by atoms with Crippen LogP contribution in [0.3, 0.4) is 0 Å². The van der Waals surface area contributed by atoms with Gasteiger partial charge in [0.1, 0.15) is 0 Å². The number of rotatable bonds is 6. The number of ketones is 1. The summed E-state index contributed by atoms with van der Waals surface area (Å²) in [6.45, 7) is 5.03. The molecule has 1 aromatic rings. The third kappa shape index (κ3) is 4.34. The lowest BCUT2D eigenvalue weighted by molar-refractivity contribution is -0.141. The van der Waals surface area contributed by atoms with Crippen LogP contribution < -0.4 is 0 Å². The van der Waals surface area contributed by atoms with Gasteiger partial charge in [0.05, 0.1) is 0 Å². The first-order valence-electron chi connectivity index (χ1n) is 8.66. The van der Waals surface area contributed by atoms with Crippen molar-refractivity contribution < 1.29 is 14.3 Å². The molecule has 1 aliphatic rings. The van der Waals surface area contributed by atoms with Gasteiger partial charge in [-0.3, -0.25) is 4.79 Å². The lowest BCUT2D eigenvalue weighted by atomic mass is 9.79. The molecule has 0 radical (unpaired) electrons. The van der Waals surface area contributed by atoms with E-state index in [1.54, 1.807) is 4.90 Å². The van der Waals surface area contributed by atoms with Crippen molar-refractivity contribution >= 4 is 11.9 Å². The van der Waals surface area contributed by atoms with E-state index in [-0.39, 0.29) is 11.9 Å². The summed E-state index contributed by atoms with van der Waals surface area (Å²) in [6.07, 6.45) is 4.23. The smallest absolute Gasteiger partial charge is 0.410 e. The number of carbonyl (C=O) groups excluding carboxylic acids is 2. The van der Waals surface area contributed by atoms with E-state index in [1.807, 2.05) is 44.2 Å². The average molecular weight is 317 g/mol. The first-order chi connectivity index (χ1) is 11.1. The molecule has 23 heavy (non-hydrogen) atoms. The number of amides is 1. The second kappa shape index (κ2) is 8.14. The van der Waals surface area contributed by atoms with Gasteiger partial charge in [-0.15, -0.1) is 0 Å². The number of ether oxygens (including phenoxy) is 1. The molecule has 0 N–H and O–H groups in total. The summed E-state index contributed by atoms with van der Waals surface area (Å²) < 4.78 is 5.79. The Labute approximate surface area is 138 Å². The van der Waals surface area contributed by atoms with Crippen LogP contribution >= 0.6 is 0 Å². The van der Waals surface area contributed by atoms with E-state index >= 15 is 0 Å². The summed E-state index contributed by atoms with van der Waals surface area (Å²) in [6, 6.07) is 9.68. The van der Waals surface area contributed by atoms with E-state index in [4.69, 9.17) is 4.74 Å². The number of carbonyl (C=O) groups is 2. The maximum absolute atomic E-state index is 12.9. The van der Waals surface area contributed by atoms with Crippen molar-refractivity contribution in [2.75, 3.05) is 13.1 Å². The number of hydrogen-bond donors (Lipinski definition) is 0. The molecule has 0 aliphatic heterocycles. The Bertz CT molecular complexity index is 517. The van der Waals surface area contributed by atoms with Crippen LogP contribution in [0.4, 0.5) is 4.79 Å². The van der Waals surface area contributed by atoms with Crippen molar-refractivity contribution in [3.63, 3.8) is 0 Å². The highest BCUT2D eigenvalue weighted by molar-refractivity contribution is 5.91. The fourth-order valence-electron chi connectivity index (χ4n) is 3.22. The summed E-state index contributed by atoms with van der Waals surface area (Å²) in [7, 11) is 0. The van der Waals surface area contributed by atoms with Gasteiger partial charge < -0.3 is 9.64 Å². The van der Waals surface area contributed by atoms with Gasteiger partial charge in [-0.25, -0.2) is 4.79 Å². The maximum atomic E-state index is 12.9. The zero-order valence-electron chi connectivity index (χ0n) is 14.2. The second-order valence-corrected chi connectivity index (χ2v) is 6.18. The Morgan fingerprint density at radius 3 is 2.22 bits per heavy atom. The predicted octanol–water partition coefficient (Wildman–Crippen LogP) is 3.98. The van der Waals surface area contributed by atoms with Gasteiger partial charge in [0.15, 0.2) is 11.4 Å². The van der Waals surface area contributed by atoms with Crippen LogP contribution in [-0.4, -0.2) is 35.5 Å². The SMILES string of the molecule is CCN(CC)C(=O)OC1(C(=O)Cc2ccccc2)CCCCC1. The highest BCUT2D eigenvalue weighted by Gasteiger charge is 2.43. The summed E-state index contributed by atoms with van der Waals surface area (Å²) in [5, 5.41) is 0. The van der Waals surface area contributed by atoms with Crippen LogP contribution in [-0.2, 0) is 16.0 Å². The van der Waals surface area contributed by atoms with Gasteiger partial charge in [-0.2, -0.15) is 0 Å². The highest BCUT2D eigenvalue weighted by atomic mass is 16.6. The molecule has 0 spiro atoms. The molecule has 4 nitrogen and oxygen atoms in total. The standard InChI is InChI=1S/C19H27NO3/c1-3-20(4-2)18(22)23-19(13-9-6-10-14-19)17(21)15-16-11-7-5-8-12-16/h5,7-8,11-12H,3-4,6,9-10,13-15H2,1-2H3. The van der Waals surface area contributed by atoms with Crippen molar-refractivity contribution in [2.45, 2.75) is 58.0 Å². The van der Waals surface area contributed by atoms with Gasteiger partial charge in [-0.1, -0.05) is 36.8 Å². The van der Waals surface area contributed by atoms with E-state index in [0.717, 1.165) is 24.8 Å². The van der Waals surface area contributed by atoms with Gasteiger partial charge in [-0.05, 0) is 45.1 Å². The van der Waals surface area contributed by atoms with Crippen LogP contribution in [0.5, 0.6) is 0 Å². The molecule has 0 bridgehead atoms. The molecule has 1 fully saturated rings. The third-order valence-electron chi connectivity index (χ3n) is 4.68. The first kappa shape index (κ1) is 17.5. The lowest BCUT2D eigenvalue weighted by Gasteiger charge is -2.37. The van der Waals surface area contributed by atoms with Crippen LogP contribution in [0, 0.1) is 0 Å². The summed E-state index contributed by atoms with van der Waals surface area (Å²) in [5.74, 6) is 0.0314. The third-order valence-corrected chi connectivity index (χ3v) is 4.68. The normalized spacial score (nSPS) is 16.6. The average Bonchev–Trinajstić information content (AvgIpc) is 2.57. The molecule has 0 saturated heterocycles. The Morgan fingerprint density at radius 2 is 1.65 bits per heavy atom. The highest BCUT2D eigenvalue weighted by Crippen LogP contribution is 2.34. The quantitative estimate of drug-likeness (QED) is 0.797. The van der Waals surface area contributed by atoms with Crippen LogP contribution in [0.25, 0.3) is 0 Å². The first-order valence-corrected chi connectivity index (χ1v) is 8.66. The van der Waals surface area contributed by atoms with Crippen molar-refractivity contribution in [1.82, 2.24) is 4.90 Å². The topological polar surface area (TPSA) is 46.6 Å². The van der Waals surface area contributed by atoms with Crippen molar-refractivity contribution in [3.05, 3.63) is 35.9 Å². The largest absolute Gasteiger partial charge is 0.435 e. The summed E-state index contributed by atoms with van der Waals surface area (Å²) >= 11 is 0. The monoisotopic (exact) mass is 317 g/mol. The molecule has 126 valence electrons. The Balaban J connectivity index is 2.14. The van der Waals surface area contributed by atoms with Gasteiger partial charge in [0.2, 0.25) is 0 Å². The minimum atomic E-state index is -0.937. The molecular weight excluding hydrogens is 290 g/mol. The molecule has 0 unspecified atom stereocenters. The van der Waals surface area contributed by atoms with Crippen molar-refractivity contribution in [2.24, 2.45) is 0 Å². The summed E-state index contributed by atoms with van der Waals surface area (Å²) in [5.41, 5.74) is 0.0367. The van der Waals surface area contributed by atoms with Gasteiger partial charge in [0, 0.05) is 19.5 Å². The molecule has 0 aromatic heterocycles. The molecule has 0 atom stereocenters. The zero-order chi connectivity index (χ0) is 16.7. The molecule has 2 rings (SSSR count). The van der Waals surface area contributed by atoms with Crippen LogP contribution in [0.1, 0.15) is 51.5 Å². The van der Waals surface area contributed by atoms with Crippen molar-refractivity contribution in [1.29, 1.82) is 0 Å². The maximum Gasteiger partial charge on any atom is 0.410 e. The predicted molar refractivity (Wildman–Crippen MR) is 90.4 cm³/mol.